The van der Waals surface area contributed by atoms with Gasteiger partial charge in [0.25, 0.3) is 0 Å². The molecule has 1 atom stereocenters. The minimum atomic E-state index is 0.170. The number of likely N-dealkylation sites (tertiary alicyclic amines) is 2. The van der Waals surface area contributed by atoms with Crippen molar-refractivity contribution in [2.45, 2.75) is 52.2 Å². The van der Waals surface area contributed by atoms with Crippen molar-refractivity contribution in [2.24, 2.45) is 5.92 Å². The lowest BCUT2D eigenvalue weighted by molar-refractivity contribution is -0.150. The predicted octanol–water partition coefficient (Wildman–Crippen LogP) is 1.74. The minimum absolute atomic E-state index is 0.170. The van der Waals surface area contributed by atoms with E-state index in [2.05, 4.69) is 18.7 Å². The average Bonchev–Trinajstić information content (AvgIpc) is 2.34. The van der Waals surface area contributed by atoms with E-state index in [1.807, 2.05) is 4.90 Å². The Labute approximate surface area is 117 Å². The summed E-state index contributed by atoms with van der Waals surface area (Å²) in [4.78, 5) is 15.5. The molecule has 0 aromatic carbocycles. The molecule has 0 N–H and O–H groups in total. The van der Waals surface area contributed by atoms with Gasteiger partial charge in [-0.05, 0) is 18.8 Å². The second-order valence-corrected chi connectivity index (χ2v) is 6.20. The summed E-state index contributed by atoms with van der Waals surface area (Å²) < 4.78 is 6.07. The zero-order valence-electron chi connectivity index (χ0n) is 12.6. The first kappa shape index (κ1) is 14.8. The molecule has 1 unspecified atom stereocenters. The summed E-state index contributed by atoms with van der Waals surface area (Å²) in [6.07, 6.45) is 4.25. The smallest absolute Gasteiger partial charge is 0.219 e. The fourth-order valence-electron chi connectivity index (χ4n) is 2.85. The molecule has 0 aliphatic carbocycles. The topological polar surface area (TPSA) is 32.8 Å². The molecule has 19 heavy (non-hydrogen) atoms. The Kier molecular flexibility index (Phi) is 5.22. The SMILES string of the molecule is CCC(C)CN1CCC(OC2CN(C(C)=O)C2)CC1. The third-order valence-corrected chi connectivity index (χ3v) is 4.48. The molecule has 0 aromatic heterocycles. The normalized spacial score (nSPS) is 24.3. The zero-order valence-corrected chi connectivity index (χ0v) is 12.6. The van der Waals surface area contributed by atoms with Crippen LogP contribution in [0.3, 0.4) is 0 Å². The molecule has 1 amide bonds. The highest BCUT2D eigenvalue weighted by Gasteiger charge is 2.32. The maximum absolute atomic E-state index is 11.1. The van der Waals surface area contributed by atoms with E-state index in [0.29, 0.717) is 6.10 Å². The Hall–Kier alpha value is -0.610. The number of nitrogens with zero attached hydrogens (tertiary/aromatic N) is 2. The molecule has 2 fully saturated rings. The fourth-order valence-corrected chi connectivity index (χ4v) is 2.85. The molecular formula is C15H28N2O2. The molecule has 2 heterocycles. The summed E-state index contributed by atoms with van der Waals surface area (Å²) in [6, 6.07) is 0. The van der Waals surface area contributed by atoms with Crippen molar-refractivity contribution in [3.63, 3.8) is 0 Å². The highest BCUT2D eigenvalue weighted by Crippen LogP contribution is 2.21. The number of rotatable bonds is 5. The van der Waals surface area contributed by atoms with Crippen LogP contribution in [0.25, 0.3) is 0 Å². The van der Waals surface area contributed by atoms with Gasteiger partial charge in [0.05, 0.1) is 12.2 Å². The average molecular weight is 268 g/mol. The molecule has 0 radical (unpaired) electrons. The van der Waals surface area contributed by atoms with Gasteiger partial charge in [-0.15, -0.1) is 0 Å². The molecule has 0 spiro atoms. The van der Waals surface area contributed by atoms with E-state index in [4.69, 9.17) is 4.74 Å². The molecule has 2 rings (SSSR count). The Balaban J connectivity index is 1.61. The Bertz CT molecular complexity index is 295. The maximum atomic E-state index is 11.1. The van der Waals surface area contributed by atoms with E-state index in [1.165, 1.54) is 13.0 Å². The van der Waals surface area contributed by atoms with Crippen molar-refractivity contribution in [3.8, 4) is 0 Å². The van der Waals surface area contributed by atoms with Crippen LogP contribution in [0.5, 0.6) is 0 Å². The number of carbonyl (C=O) groups is 1. The van der Waals surface area contributed by atoms with Gasteiger partial charge >= 0.3 is 0 Å². The third-order valence-electron chi connectivity index (χ3n) is 4.48. The second kappa shape index (κ2) is 6.71. The van der Waals surface area contributed by atoms with Crippen LogP contribution in [0.2, 0.25) is 0 Å². The van der Waals surface area contributed by atoms with Crippen LogP contribution in [0.15, 0.2) is 0 Å². The number of hydrogen-bond donors (Lipinski definition) is 0. The van der Waals surface area contributed by atoms with Gasteiger partial charge in [-0.1, -0.05) is 20.3 Å². The van der Waals surface area contributed by atoms with Crippen LogP contribution < -0.4 is 0 Å². The van der Waals surface area contributed by atoms with Gasteiger partial charge in [-0.2, -0.15) is 0 Å². The van der Waals surface area contributed by atoms with Gasteiger partial charge in [0, 0.05) is 39.6 Å². The summed E-state index contributed by atoms with van der Waals surface area (Å²) in [6.45, 7) is 11.4. The lowest BCUT2D eigenvalue weighted by Gasteiger charge is -2.42. The van der Waals surface area contributed by atoms with Crippen molar-refractivity contribution in [1.82, 2.24) is 9.80 Å². The molecule has 2 aliphatic heterocycles. The fraction of sp³-hybridized carbons (Fsp3) is 0.933. The lowest BCUT2D eigenvalue weighted by atomic mass is 10.0. The van der Waals surface area contributed by atoms with E-state index in [9.17, 15) is 4.79 Å². The third kappa shape index (κ3) is 4.18. The van der Waals surface area contributed by atoms with Crippen molar-refractivity contribution in [2.75, 3.05) is 32.7 Å². The number of hydrogen-bond acceptors (Lipinski definition) is 3. The van der Waals surface area contributed by atoms with E-state index >= 15 is 0 Å². The van der Waals surface area contributed by atoms with Crippen molar-refractivity contribution < 1.29 is 9.53 Å². The van der Waals surface area contributed by atoms with Crippen molar-refractivity contribution >= 4 is 5.91 Å². The van der Waals surface area contributed by atoms with Gasteiger partial charge in [0.2, 0.25) is 5.91 Å². The lowest BCUT2D eigenvalue weighted by Crippen LogP contribution is -2.55. The number of amides is 1. The second-order valence-electron chi connectivity index (χ2n) is 6.20. The molecule has 0 bridgehead atoms. The van der Waals surface area contributed by atoms with Crippen LogP contribution in [-0.2, 0) is 9.53 Å². The quantitative estimate of drug-likeness (QED) is 0.761. The molecule has 2 saturated heterocycles. The first-order chi connectivity index (χ1) is 9.08. The van der Waals surface area contributed by atoms with Gasteiger partial charge in [0.1, 0.15) is 0 Å². The summed E-state index contributed by atoms with van der Waals surface area (Å²) in [5.74, 6) is 0.969. The minimum Gasteiger partial charge on any atom is -0.371 e. The largest absolute Gasteiger partial charge is 0.371 e. The Morgan fingerprint density at radius 1 is 1.26 bits per heavy atom. The van der Waals surface area contributed by atoms with Gasteiger partial charge in [-0.3, -0.25) is 4.79 Å². The molecule has 4 nitrogen and oxygen atoms in total. The van der Waals surface area contributed by atoms with E-state index < -0.39 is 0 Å². The molecular weight excluding hydrogens is 240 g/mol. The zero-order chi connectivity index (χ0) is 13.8. The van der Waals surface area contributed by atoms with Crippen molar-refractivity contribution in [3.05, 3.63) is 0 Å². The highest BCUT2D eigenvalue weighted by atomic mass is 16.5. The molecule has 2 aliphatic rings. The monoisotopic (exact) mass is 268 g/mol. The predicted molar refractivity (Wildman–Crippen MR) is 76.0 cm³/mol. The van der Waals surface area contributed by atoms with Crippen molar-refractivity contribution in [1.29, 1.82) is 0 Å². The first-order valence-electron chi connectivity index (χ1n) is 7.71. The van der Waals surface area contributed by atoms with Crippen LogP contribution in [0.1, 0.15) is 40.0 Å². The molecule has 4 heteroatoms. The molecule has 110 valence electrons. The number of carbonyl (C=O) groups excluding carboxylic acids is 1. The number of piperidine rings is 1. The summed E-state index contributed by atoms with van der Waals surface area (Å²) in [5.41, 5.74) is 0. The van der Waals surface area contributed by atoms with E-state index in [-0.39, 0.29) is 12.0 Å². The molecule has 0 aromatic rings. The van der Waals surface area contributed by atoms with Gasteiger partial charge < -0.3 is 14.5 Å². The van der Waals surface area contributed by atoms with E-state index in [1.54, 1.807) is 6.92 Å². The van der Waals surface area contributed by atoms with Gasteiger partial charge in [0.15, 0.2) is 0 Å². The summed E-state index contributed by atoms with van der Waals surface area (Å²) in [7, 11) is 0. The Morgan fingerprint density at radius 3 is 2.42 bits per heavy atom. The summed E-state index contributed by atoms with van der Waals surface area (Å²) in [5, 5.41) is 0. The van der Waals surface area contributed by atoms with Crippen LogP contribution in [0.4, 0.5) is 0 Å². The van der Waals surface area contributed by atoms with Crippen LogP contribution in [-0.4, -0.2) is 60.6 Å². The van der Waals surface area contributed by atoms with Gasteiger partial charge in [-0.25, -0.2) is 0 Å². The molecule has 0 saturated carbocycles. The summed E-state index contributed by atoms with van der Waals surface area (Å²) >= 11 is 0. The van der Waals surface area contributed by atoms with E-state index in [0.717, 1.165) is 44.9 Å². The standard InChI is InChI=1S/C15H28N2O2/c1-4-12(2)9-16-7-5-14(6-8-16)19-15-10-17(11-15)13(3)18/h12,14-15H,4-11H2,1-3H3. The maximum Gasteiger partial charge on any atom is 0.219 e. The van der Waals surface area contributed by atoms with Crippen LogP contribution >= 0.6 is 0 Å². The first-order valence-corrected chi connectivity index (χ1v) is 7.71. The highest BCUT2D eigenvalue weighted by molar-refractivity contribution is 5.74. The number of ether oxygens (including phenoxy) is 1. The Morgan fingerprint density at radius 2 is 1.89 bits per heavy atom. The van der Waals surface area contributed by atoms with Crippen LogP contribution in [0, 0.1) is 5.92 Å².